The molecule has 0 aliphatic rings. The van der Waals surface area contributed by atoms with E-state index in [0.717, 1.165) is 10.9 Å². The topological polar surface area (TPSA) is 0 Å². The molecule has 0 saturated heterocycles. The summed E-state index contributed by atoms with van der Waals surface area (Å²) in [4.78, 5) is 8.98. The summed E-state index contributed by atoms with van der Waals surface area (Å²) in [5.41, 5.74) is 0. The molecule has 152 valence electrons. The molecule has 0 spiro atoms. The second-order valence-electron chi connectivity index (χ2n) is 9.11. The molecule has 0 aliphatic carbocycles. The summed E-state index contributed by atoms with van der Waals surface area (Å²) < 4.78 is 1.64. The van der Waals surface area contributed by atoms with Gasteiger partial charge >= 0.3 is 171 Å². The Morgan fingerprint density at radius 3 is 1.85 bits per heavy atom. The molecule has 1 aromatic heterocycles. The van der Waals surface area contributed by atoms with Gasteiger partial charge < -0.3 is 0 Å². The van der Waals surface area contributed by atoms with Crippen molar-refractivity contribution in [1.82, 2.24) is 0 Å². The predicted octanol–water partition coefficient (Wildman–Crippen LogP) is 8.83. The molecule has 1 rings (SSSR count). The van der Waals surface area contributed by atoms with E-state index in [0.29, 0.717) is 0 Å². The van der Waals surface area contributed by atoms with Crippen molar-refractivity contribution in [1.29, 1.82) is 0 Å². The third-order valence-corrected chi connectivity index (χ3v) is 16.4. The maximum atomic E-state index is 6.64. The molecule has 0 N–H and O–H groups in total. The zero-order valence-electron chi connectivity index (χ0n) is 18.1. The molecule has 1 atom stereocenters. The minimum absolute atomic E-state index is 0.845. The van der Waals surface area contributed by atoms with Crippen molar-refractivity contribution in [3.05, 3.63) is 16.0 Å². The van der Waals surface area contributed by atoms with Crippen LogP contribution in [-0.2, 0) is 6.42 Å². The van der Waals surface area contributed by atoms with Gasteiger partial charge in [0.05, 0.1) is 0 Å². The van der Waals surface area contributed by atoms with Gasteiger partial charge in [0.25, 0.3) is 0 Å². The van der Waals surface area contributed by atoms with Gasteiger partial charge in [-0.25, -0.2) is 0 Å². The van der Waals surface area contributed by atoms with Gasteiger partial charge in [0.2, 0.25) is 0 Å². The first kappa shape index (κ1) is 24.8. The quantitative estimate of drug-likeness (QED) is 0.165. The zero-order chi connectivity index (χ0) is 19.4. The van der Waals surface area contributed by atoms with Crippen molar-refractivity contribution in [2.75, 3.05) is 0 Å². The molecule has 26 heavy (non-hydrogen) atoms. The van der Waals surface area contributed by atoms with Gasteiger partial charge in [0.15, 0.2) is 0 Å². The van der Waals surface area contributed by atoms with Crippen molar-refractivity contribution in [2.45, 2.75) is 112 Å². The van der Waals surface area contributed by atoms with Crippen LogP contribution in [0, 0.1) is 5.92 Å². The van der Waals surface area contributed by atoms with Crippen LogP contribution in [0.4, 0.5) is 0 Å². The summed E-state index contributed by atoms with van der Waals surface area (Å²) in [5.74, 6) is 0.845. The number of thiophene rings is 1. The first-order valence-corrected chi connectivity index (χ1v) is 22.4. The Bertz CT molecular complexity index is 475. The number of unbranched alkanes of at least 4 members (excludes halogenated alkanes) is 8. The average Bonchev–Trinajstić information content (AvgIpc) is 2.95. The molecule has 0 bridgehead atoms. The van der Waals surface area contributed by atoms with Gasteiger partial charge in [0, 0.05) is 0 Å². The van der Waals surface area contributed by atoms with Crippen LogP contribution in [0.3, 0.4) is 0 Å². The summed E-state index contributed by atoms with van der Waals surface area (Å²) >= 11 is 6.71. The molecule has 0 nitrogen and oxygen atoms in total. The molecule has 0 aromatic carbocycles. The van der Waals surface area contributed by atoms with E-state index in [4.69, 9.17) is 11.6 Å². The second kappa shape index (κ2) is 13.9. The zero-order valence-corrected chi connectivity index (χ0v) is 22.6. The van der Waals surface area contributed by atoms with Crippen LogP contribution in [0.25, 0.3) is 0 Å². The SMILES string of the molecule is CCCCCCCCC(CCCCCC)Cc1s[c]([Sn]([CH3])([CH3])[CH3])cc1Cl. The number of hydrogen-bond donors (Lipinski definition) is 0. The van der Waals surface area contributed by atoms with Crippen LogP contribution in [0.5, 0.6) is 0 Å². The number of hydrogen-bond acceptors (Lipinski definition) is 1. The van der Waals surface area contributed by atoms with E-state index < -0.39 is 18.4 Å². The molecule has 1 heterocycles. The van der Waals surface area contributed by atoms with E-state index in [-0.39, 0.29) is 0 Å². The summed E-state index contributed by atoms with van der Waals surface area (Å²) in [6.07, 6.45) is 18.0. The Morgan fingerprint density at radius 1 is 0.846 bits per heavy atom. The first-order valence-electron chi connectivity index (χ1n) is 11.2. The molecular formula is C23H43ClSSn. The second-order valence-corrected chi connectivity index (χ2v) is 26.1. The fourth-order valence-corrected chi connectivity index (χ4v) is 10.8. The Hall–Kier alpha value is 0.789. The number of rotatable bonds is 15. The summed E-state index contributed by atoms with van der Waals surface area (Å²) in [6.45, 7) is 4.60. The molecular weight excluding hydrogens is 462 g/mol. The summed E-state index contributed by atoms with van der Waals surface area (Å²) in [5, 5.41) is 1.07. The van der Waals surface area contributed by atoms with Crippen molar-refractivity contribution >= 4 is 44.2 Å². The summed E-state index contributed by atoms with van der Waals surface area (Å²) in [6, 6.07) is 2.32. The van der Waals surface area contributed by atoms with Crippen molar-refractivity contribution in [3.63, 3.8) is 0 Å². The van der Waals surface area contributed by atoms with Crippen LogP contribution in [0.15, 0.2) is 6.07 Å². The van der Waals surface area contributed by atoms with Crippen LogP contribution < -0.4 is 2.89 Å². The standard InChI is InChI=1S/C20H34ClS.3CH3.Sn/c1-3-5-7-9-10-12-14-18(13-11-8-6-4-2)17-20-19(21)15-16-22-20;;;;/h15,18H,3-14,17H2,1-2H3;3*1H3;. The fourth-order valence-electron chi connectivity index (χ4n) is 3.60. The van der Waals surface area contributed by atoms with Gasteiger partial charge in [-0.15, -0.1) is 0 Å². The van der Waals surface area contributed by atoms with Gasteiger partial charge in [-0.1, -0.05) is 6.92 Å². The fraction of sp³-hybridized carbons (Fsp3) is 0.826. The van der Waals surface area contributed by atoms with Gasteiger partial charge in [-0.05, 0) is 0 Å². The third kappa shape index (κ3) is 10.4. The molecule has 0 radical (unpaired) electrons. The van der Waals surface area contributed by atoms with E-state index in [1.807, 2.05) is 0 Å². The van der Waals surface area contributed by atoms with Crippen LogP contribution in [0.2, 0.25) is 19.8 Å². The molecule has 3 heteroatoms. The molecule has 0 aliphatic heterocycles. The Morgan fingerprint density at radius 2 is 1.35 bits per heavy atom. The molecule has 0 amide bonds. The van der Waals surface area contributed by atoms with E-state index in [2.05, 4.69) is 46.1 Å². The minimum atomic E-state index is -1.98. The Balaban J connectivity index is 2.56. The van der Waals surface area contributed by atoms with Gasteiger partial charge in [-0.2, -0.15) is 0 Å². The Labute approximate surface area is 177 Å². The molecule has 1 unspecified atom stereocenters. The van der Waals surface area contributed by atoms with Crippen LogP contribution >= 0.6 is 22.9 Å². The first-order chi connectivity index (χ1) is 12.4. The van der Waals surface area contributed by atoms with Crippen LogP contribution in [0.1, 0.15) is 95.8 Å². The van der Waals surface area contributed by atoms with Gasteiger partial charge in [0.1, 0.15) is 0 Å². The van der Waals surface area contributed by atoms with Crippen LogP contribution in [-0.4, -0.2) is 18.4 Å². The van der Waals surface area contributed by atoms with E-state index in [1.54, 1.807) is 2.89 Å². The van der Waals surface area contributed by atoms with Gasteiger partial charge in [-0.3, -0.25) is 0 Å². The van der Waals surface area contributed by atoms with E-state index in [9.17, 15) is 0 Å². The third-order valence-electron chi connectivity index (χ3n) is 5.40. The summed E-state index contributed by atoms with van der Waals surface area (Å²) in [7, 11) is 0. The normalized spacial score (nSPS) is 13.3. The average molecular weight is 506 g/mol. The maximum absolute atomic E-state index is 6.64. The predicted molar refractivity (Wildman–Crippen MR) is 126 cm³/mol. The van der Waals surface area contributed by atoms with Crippen molar-refractivity contribution in [2.24, 2.45) is 5.92 Å². The number of halogens is 1. The monoisotopic (exact) mass is 506 g/mol. The Kier molecular flexibility index (Phi) is 13.3. The molecule has 1 aromatic rings. The molecule has 0 saturated carbocycles. The van der Waals surface area contributed by atoms with Crippen molar-refractivity contribution < 1.29 is 0 Å². The van der Waals surface area contributed by atoms with Crippen molar-refractivity contribution in [3.8, 4) is 0 Å². The van der Waals surface area contributed by atoms with E-state index in [1.165, 1.54) is 88.3 Å². The van der Waals surface area contributed by atoms with E-state index >= 15 is 0 Å². The molecule has 0 fully saturated rings.